The van der Waals surface area contributed by atoms with Gasteiger partial charge in [-0.15, -0.1) is 0 Å². The van der Waals surface area contributed by atoms with Gasteiger partial charge in [0.05, 0.1) is 7.11 Å². The lowest BCUT2D eigenvalue weighted by atomic mass is 9.83. The maximum atomic E-state index is 12.7. The van der Waals surface area contributed by atoms with Gasteiger partial charge in [0, 0.05) is 40.0 Å². The second-order valence-corrected chi connectivity index (χ2v) is 5.62. The van der Waals surface area contributed by atoms with E-state index in [-0.39, 0.29) is 11.6 Å². The minimum atomic E-state index is -0.0837. The maximum absolute atomic E-state index is 12.7. The molecule has 0 spiro atoms. The number of ketones is 2. The quantitative estimate of drug-likeness (QED) is 0.898. The molecule has 118 valence electrons. The van der Waals surface area contributed by atoms with Crippen molar-refractivity contribution in [2.45, 2.75) is 20.3 Å². The molecule has 2 aliphatic rings. The van der Waals surface area contributed by atoms with Crippen LogP contribution in [-0.4, -0.2) is 18.7 Å². The lowest BCUT2D eigenvalue weighted by Crippen LogP contribution is -2.35. The van der Waals surface area contributed by atoms with Gasteiger partial charge in [-0.1, -0.05) is 24.3 Å². The number of hydrogen-bond donors (Lipinski definition) is 2. The normalized spacial score (nSPS) is 17.4. The molecule has 23 heavy (non-hydrogen) atoms. The summed E-state index contributed by atoms with van der Waals surface area (Å²) in [5.74, 6) is 0.472. The number of fused-ring (bicyclic) bond motifs is 1. The van der Waals surface area contributed by atoms with Crippen LogP contribution < -0.4 is 10.9 Å². The fourth-order valence-electron chi connectivity index (χ4n) is 2.86. The van der Waals surface area contributed by atoms with Gasteiger partial charge in [0.1, 0.15) is 0 Å². The topological polar surface area (TPSA) is 67.4 Å². The van der Waals surface area contributed by atoms with E-state index in [9.17, 15) is 9.59 Å². The maximum Gasteiger partial charge on any atom is 0.208 e. The van der Waals surface area contributed by atoms with Crippen LogP contribution in [0.1, 0.15) is 41.0 Å². The van der Waals surface area contributed by atoms with Crippen molar-refractivity contribution in [1.29, 1.82) is 0 Å². The van der Waals surface area contributed by atoms with E-state index >= 15 is 0 Å². The molecule has 1 aromatic rings. The third kappa shape index (κ3) is 2.54. The number of benzene rings is 1. The number of allylic oxidation sites excluding steroid dienone is 4. The summed E-state index contributed by atoms with van der Waals surface area (Å²) < 4.78 is 5.18. The van der Waals surface area contributed by atoms with E-state index in [0.29, 0.717) is 34.6 Å². The Bertz CT molecular complexity index is 800. The first-order valence-electron chi connectivity index (χ1n) is 7.38. The molecule has 1 heterocycles. The van der Waals surface area contributed by atoms with Crippen molar-refractivity contribution in [3.05, 3.63) is 69.8 Å². The second-order valence-electron chi connectivity index (χ2n) is 5.62. The Hall–Kier alpha value is -2.82. The van der Waals surface area contributed by atoms with E-state index in [2.05, 4.69) is 10.9 Å². The average molecular weight is 310 g/mol. The van der Waals surface area contributed by atoms with E-state index in [4.69, 9.17) is 4.74 Å². The zero-order valence-electron chi connectivity index (χ0n) is 13.3. The summed E-state index contributed by atoms with van der Waals surface area (Å²) in [4.78, 5) is 25.2. The number of hydrazine groups is 1. The Kier molecular flexibility index (Phi) is 3.78. The average Bonchev–Trinajstić information content (AvgIpc) is 2.57. The zero-order chi connectivity index (χ0) is 16.6. The molecular formula is C18H18N2O3. The van der Waals surface area contributed by atoms with Gasteiger partial charge in [0.25, 0.3) is 0 Å². The summed E-state index contributed by atoms with van der Waals surface area (Å²) in [7, 11) is 1.58. The van der Waals surface area contributed by atoms with Crippen molar-refractivity contribution in [3.63, 3.8) is 0 Å². The molecule has 5 nitrogen and oxygen atoms in total. The Balaban J connectivity index is 1.95. The van der Waals surface area contributed by atoms with Crippen LogP contribution in [0.4, 0.5) is 0 Å². The predicted molar refractivity (Wildman–Crippen MR) is 86.5 cm³/mol. The summed E-state index contributed by atoms with van der Waals surface area (Å²) in [6.45, 7) is 3.63. The van der Waals surface area contributed by atoms with Crippen LogP contribution in [0.3, 0.4) is 0 Å². The standard InChI is InChI=1S/C18H18N2O3/c1-10-8-12(19-20-18(10)23-3)9-15-11(2)16(21)13-6-4-5-7-14(13)17(15)22/h4-8,19-20H,9H2,1-3H3. The molecule has 3 rings (SSSR count). The third-order valence-corrected chi connectivity index (χ3v) is 4.14. The van der Waals surface area contributed by atoms with Gasteiger partial charge in [-0.3, -0.25) is 15.0 Å². The molecule has 0 atom stereocenters. The summed E-state index contributed by atoms with van der Waals surface area (Å²) in [5, 5.41) is 0. The lowest BCUT2D eigenvalue weighted by molar-refractivity contribution is 0.0972. The first-order chi connectivity index (χ1) is 11.0. The largest absolute Gasteiger partial charge is 0.481 e. The van der Waals surface area contributed by atoms with Gasteiger partial charge in [0.2, 0.25) is 5.88 Å². The Morgan fingerprint density at radius 3 is 2.26 bits per heavy atom. The van der Waals surface area contributed by atoms with Crippen LogP contribution in [0.15, 0.2) is 58.6 Å². The van der Waals surface area contributed by atoms with Crippen molar-refractivity contribution in [2.75, 3.05) is 7.11 Å². The first-order valence-corrected chi connectivity index (χ1v) is 7.38. The van der Waals surface area contributed by atoms with Crippen LogP contribution in [0.2, 0.25) is 0 Å². The molecule has 0 amide bonds. The molecule has 1 aromatic carbocycles. The van der Waals surface area contributed by atoms with Crippen molar-refractivity contribution >= 4 is 11.6 Å². The van der Waals surface area contributed by atoms with Crippen molar-refractivity contribution in [3.8, 4) is 0 Å². The highest BCUT2D eigenvalue weighted by Crippen LogP contribution is 2.29. The molecule has 1 aliphatic carbocycles. The molecule has 0 aromatic heterocycles. The monoisotopic (exact) mass is 310 g/mol. The number of methoxy groups -OCH3 is 1. The molecule has 1 aliphatic heterocycles. The van der Waals surface area contributed by atoms with Crippen molar-refractivity contribution in [2.24, 2.45) is 0 Å². The van der Waals surface area contributed by atoms with Gasteiger partial charge >= 0.3 is 0 Å². The van der Waals surface area contributed by atoms with Crippen LogP contribution in [-0.2, 0) is 4.74 Å². The number of nitrogens with one attached hydrogen (secondary N) is 2. The van der Waals surface area contributed by atoms with Gasteiger partial charge in [-0.05, 0) is 19.9 Å². The molecule has 2 N–H and O–H groups in total. The zero-order valence-corrected chi connectivity index (χ0v) is 13.3. The molecule has 0 saturated heterocycles. The van der Waals surface area contributed by atoms with Crippen LogP contribution >= 0.6 is 0 Å². The predicted octanol–water partition coefficient (Wildman–Crippen LogP) is 2.64. The molecule has 0 unspecified atom stereocenters. The van der Waals surface area contributed by atoms with Gasteiger partial charge in [0.15, 0.2) is 11.6 Å². The smallest absolute Gasteiger partial charge is 0.208 e. The summed E-state index contributed by atoms with van der Waals surface area (Å²) in [6.07, 6.45) is 2.28. The Morgan fingerprint density at radius 2 is 1.65 bits per heavy atom. The third-order valence-electron chi connectivity index (χ3n) is 4.14. The summed E-state index contributed by atoms with van der Waals surface area (Å²) in [5.41, 5.74) is 9.70. The Morgan fingerprint density at radius 1 is 1.00 bits per heavy atom. The van der Waals surface area contributed by atoms with Gasteiger partial charge < -0.3 is 10.2 Å². The molecule has 0 saturated carbocycles. The SMILES string of the molecule is COC1=C(C)C=C(CC2=C(C)C(=O)c3ccccc3C2=O)NN1. The molecule has 0 radical (unpaired) electrons. The van der Waals surface area contributed by atoms with Crippen molar-refractivity contribution in [1.82, 2.24) is 10.9 Å². The summed E-state index contributed by atoms with van der Waals surface area (Å²) >= 11 is 0. The van der Waals surface area contributed by atoms with E-state index in [0.717, 1.165) is 11.3 Å². The van der Waals surface area contributed by atoms with Crippen LogP contribution in [0, 0.1) is 0 Å². The fourth-order valence-corrected chi connectivity index (χ4v) is 2.86. The van der Waals surface area contributed by atoms with Gasteiger partial charge in [-0.25, -0.2) is 0 Å². The number of rotatable bonds is 3. The number of hydrogen-bond acceptors (Lipinski definition) is 5. The van der Waals surface area contributed by atoms with Crippen LogP contribution in [0.5, 0.6) is 0 Å². The first kappa shape index (κ1) is 15.1. The molecule has 5 heteroatoms. The molecule has 0 fully saturated rings. The minimum absolute atomic E-state index is 0.0792. The summed E-state index contributed by atoms with van der Waals surface area (Å²) in [6, 6.07) is 6.96. The highest BCUT2D eigenvalue weighted by Gasteiger charge is 2.30. The molecule has 0 bridgehead atoms. The van der Waals surface area contributed by atoms with E-state index in [1.807, 2.05) is 13.0 Å². The number of carbonyl (C=O) groups is 2. The highest BCUT2D eigenvalue weighted by molar-refractivity contribution is 6.26. The number of carbonyl (C=O) groups excluding carboxylic acids is 2. The number of ether oxygens (including phenoxy) is 1. The highest BCUT2D eigenvalue weighted by atomic mass is 16.5. The van der Waals surface area contributed by atoms with E-state index in [1.165, 1.54) is 0 Å². The van der Waals surface area contributed by atoms with Gasteiger partial charge in [-0.2, -0.15) is 0 Å². The fraction of sp³-hybridized carbons (Fsp3) is 0.222. The van der Waals surface area contributed by atoms with Crippen LogP contribution in [0.25, 0.3) is 0 Å². The van der Waals surface area contributed by atoms with E-state index in [1.54, 1.807) is 38.3 Å². The minimum Gasteiger partial charge on any atom is -0.481 e. The van der Waals surface area contributed by atoms with Crippen molar-refractivity contribution < 1.29 is 14.3 Å². The second kappa shape index (κ2) is 5.76. The molecular weight excluding hydrogens is 292 g/mol. The number of Topliss-reactive ketones (excluding diaryl/α,β-unsaturated/α-hetero) is 2. The van der Waals surface area contributed by atoms with E-state index < -0.39 is 0 Å². The lowest BCUT2D eigenvalue weighted by Gasteiger charge is -2.24. The Labute approximate surface area is 134 Å².